The molecule has 1 aliphatic heterocycles. The normalized spacial score (nSPS) is 26.8. The fourth-order valence-electron chi connectivity index (χ4n) is 2.38. The molecule has 0 spiro atoms. The van der Waals surface area contributed by atoms with Crippen molar-refractivity contribution in [2.75, 3.05) is 12.9 Å². The number of aliphatic hydroxyl groups excluding tert-OH is 3. The molecule has 24 heavy (non-hydrogen) atoms. The van der Waals surface area contributed by atoms with Gasteiger partial charge in [-0.2, -0.15) is 0 Å². The molecule has 0 aromatic carbocycles. The summed E-state index contributed by atoms with van der Waals surface area (Å²) >= 11 is 1.24. The summed E-state index contributed by atoms with van der Waals surface area (Å²) in [6, 6.07) is 5.24. The number of aromatic nitrogens is 2. The first-order chi connectivity index (χ1) is 11.6. The molecular weight excluding hydrogens is 332 g/mol. The van der Waals surface area contributed by atoms with Crippen LogP contribution in [0.1, 0.15) is 0 Å². The van der Waals surface area contributed by atoms with E-state index in [1.54, 1.807) is 37.7 Å². The molecule has 128 valence electrons. The van der Waals surface area contributed by atoms with Gasteiger partial charge < -0.3 is 24.8 Å². The summed E-state index contributed by atoms with van der Waals surface area (Å²) in [7, 11) is 1.58. The number of nitrogens with zero attached hydrogens (tertiary/aromatic N) is 2. The number of hydrogen-bond donors (Lipinski definition) is 3. The predicted molar refractivity (Wildman–Crippen MR) is 88.9 cm³/mol. The van der Waals surface area contributed by atoms with Gasteiger partial charge in [-0.1, -0.05) is 0 Å². The van der Waals surface area contributed by atoms with Crippen molar-refractivity contribution < 1.29 is 24.8 Å². The first-order valence-corrected chi connectivity index (χ1v) is 8.42. The van der Waals surface area contributed by atoms with Crippen LogP contribution in [-0.4, -0.2) is 61.9 Å². The van der Waals surface area contributed by atoms with Crippen LogP contribution in [0.15, 0.2) is 36.8 Å². The summed E-state index contributed by atoms with van der Waals surface area (Å²) in [5.41, 5.74) is 0.778. The first kappa shape index (κ1) is 17.0. The average molecular weight is 350 g/mol. The van der Waals surface area contributed by atoms with Crippen LogP contribution in [0.25, 0.3) is 11.3 Å². The van der Waals surface area contributed by atoms with Gasteiger partial charge in [-0.15, -0.1) is 11.8 Å². The Hall–Kier alpha value is -1.87. The minimum Gasteiger partial charge on any atom is -0.496 e. The molecule has 1 fully saturated rings. The van der Waals surface area contributed by atoms with E-state index in [9.17, 15) is 15.3 Å². The Labute approximate surface area is 143 Å². The highest BCUT2D eigenvalue weighted by atomic mass is 32.2. The summed E-state index contributed by atoms with van der Waals surface area (Å²) in [4.78, 5) is 8.41. The van der Waals surface area contributed by atoms with E-state index in [-0.39, 0.29) is 0 Å². The van der Waals surface area contributed by atoms with Crippen molar-refractivity contribution in [2.24, 2.45) is 0 Å². The number of pyridine rings is 2. The van der Waals surface area contributed by atoms with E-state index in [2.05, 4.69) is 9.97 Å². The third kappa shape index (κ3) is 3.46. The largest absolute Gasteiger partial charge is 0.496 e. The van der Waals surface area contributed by atoms with Crippen LogP contribution in [0.5, 0.6) is 11.5 Å². The standard InChI is InChI=1S/C16H18N2O5S/c1-22-13-4-5-17-7-10(13)11-3-2-9(6-18-11)23-16-15(21)14(20)12(19)8-24-16/h2-7,12,14-16,19-21H,8H2,1H3/t12-,14+,15-,16-/m1/s1. The fourth-order valence-corrected chi connectivity index (χ4v) is 3.50. The van der Waals surface area contributed by atoms with Crippen LogP contribution in [0.2, 0.25) is 0 Å². The van der Waals surface area contributed by atoms with Crippen molar-refractivity contribution in [1.29, 1.82) is 0 Å². The maximum Gasteiger partial charge on any atom is 0.173 e. The van der Waals surface area contributed by atoms with Gasteiger partial charge in [0.25, 0.3) is 0 Å². The molecule has 2 aromatic rings. The second kappa shape index (κ2) is 7.35. The average Bonchev–Trinajstić information content (AvgIpc) is 2.63. The quantitative estimate of drug-likeness (QED) is 0.740. The minimum absolute atomic E-state index is 0.293. The Morgan fingerprint density at radius 1 is 1.12 bits per heavy atom. The minimum atomic E-state index is -1.22. The SMILES string of the molecule is COc1ccncc1-c1ccc(O[C@@H]2SC[C@@H](O)[C@H](O)[C@H]2O)cn1. The van der Waals surface area contributed by atoms with Gasteiger partial charge in [0.2, 0.25) is 0 Å². The Morgan fingerprint density at radius 2 is 1.96 bits per heavy atom. The lowest BCUT2D eigenvalue weighted by Gasteiger charge is -2.34. The Morgan fingerprint density at radius 3 is 2.67 bits per heavy atom. The predicted octanol–water partition coefficient (Wildman–Crippen LogP) is 0.687. The molecule has 0 saturated carbocycles. The zero-order chi connectivity index (χ0) is 17.1. The summed E-state index contributed by atoms with van der Waals surface area (Å²) in [6.45, 7) is 0. The third-order valence-corrected chi connectivity index (χ3v) is 4.96. The summed E-state index contributed by atoms with van der Waals surface area (Å²) in [6.07, 6.45) is 1.50. The van der Waals surface area contributed by atoms with E-state index in [1.165, 1.54) is 18.0 Å². The Balaban J connectivity index is 1.73. The van der Waals surface area contributed by atoms with Gasteiger partial charge in [-0.3, -0.25) is 9.97 Å². The van der Waals surface area contributed by atoms with E-state index < -0.39 is 23.7 Å². The second-order valence-electron chi connectivity index (χ2n) is 5.32. The summed E-state index contributed by atoms with van der Waals surface area (Å²) in [5, 5.41) is 29.2. The lowest BCUT2D eigenvalue weighted by Crippen LogP contribution is -2.50. The zero-order valence-electron chi connectivity index (χ0n) is 12.9. The van der Waals surface area contributed by atoms with Crippen LogP contribution in [0, 0.1) is 0 Å². The Bertz CT molecular complexity index is 684. The monoisotopic (exact) mass is 350 g/mol. The van der Waals surface area contributed by atoms with Crippen LogP contribution in [0.3, 0.4) is 0 Å². The van der Waals surface area contributed by atoms with Crippen LogP contribution >= 0.6 is 11.8 Å². The molecule has 1 aliphatic rings. The number of methoxy groups -OCH3 is 1. The number of rotatable bonds is 4. The van der Waals surface area contributed by atoms with Gasteiger partial charge >= 0.3 is 0 Å². The van der Waals surface area contributed by atoms with Gasteiger partial charge in [0.1, 0.15) is 23.7 Å². The molecule has 2 aromatic heterocycles. The second-order valence-corrected chi connectivity index (χ2v) is 6.45. The topological polar surface area (TPSA) is 105 Å². The fraction of sp³-hybridized carbons (Fsp3) is 0.375. The lowest BCUT2D eigenvalue weighted by molar-refractivity contribution is -0.0786. The van der Waals surface area contributed by atoms with Crippen molar-refractivity contribution in [3.8, 4) is 22.8 Å². The number of ether oxygens (including phenoxy) is 2. The van der Waals surface area contributed by atoms with Crippen LogP contribution in [-0.2, 0) is 0 Å². The van der Waals surface area contributed by atoms with E-state index in [0.29, 0.717) is 22.9 Å². The molecule has 1 saturated heterocycles. The molecule has 0 bridgehead atoms. The molecule has 4 atom stereocenters. The van der Waals surface area contributed by atoms with Gasteiger partial charge in [0.15, 0.2) is 5.44 Å². The van der Waals surface area contributed by atoms with E-state index >= 15 is 0 Å². The van der Waals surface area contributed by atoms with Gasteiger partial charge in [0.05, 0.1) is 30.7 Å². The van der Waals surface area contributed by atoms with Gasteiger partial charge in [-0.05, 0) is 18.2 Å². The number of hydrogen-bond acceptors (Lipinski definition) is 8. The van der Waals surface area contributed by atoms with Crippen molar-refractivity contribution in [2.45, 2.75) is 23.7 Å². The Kier molecular flexibility index (Phi) is 5.20. The van der Waals surface area contributed by atoms with E-state index in [0.717, 1.165) is 5.56 Å². The van der Waals surface area contributed by atoms with Crippen molar-refractivity contribution in [3.63, 3.8) is 0 Å². The molecule has 0 aliphatic carbocycles. The summed E-state index contributed by atoms with van der Waals surface area (Å²) < 4.78 is 11.0. The highest BCUT2D eigenvalue weighted by Crippen LogP contribution is 2.31. The van der Waals surface area contributed by atoms with Crippen molar-refractivity contribution in [1.82, 2.24) is 9.97 Å². The van der Waals surface area contributed by atoms with Gasteiger partial charge in [-0.25, -0.2) is 0 Å². The molecular formula is C16H18N2O5S. The van der Waals surface area contributed by atoms with E-state index in [4.69, 9.17) is 9.47 Å². The molecule has 0 radical (unpaired) electrons. The molecule has 8 heteroatoms. The zero-order valence-corrected chi connectivity index (χ0v) is 13.8. The van der Waals surface area contributed by atoms with Crippen LogP contribution in [0.4, 0.5) is 0 Å². The molecule has 3 heterocycles. The maximum atomic E-state index is 9.97. The van der Waals surface area contributed by atoms with E-state index in [1.807, 2.05) is 0 Å². The molecule has 3 rings (SSSR count). The van der Waals surface area contributed by atoms with Crippen molar-refractivity contribution in [3.05, 3.63) is 36.8 Å². The number of thioether (sulfide) groups is 1. The highest BCUT2D eigenvalue weighted by Gasteiger charge is 2.38. The molecule has 0 unspecified atom stereocenters. The lowest BCUT2D eigenvalue weighted by atomic mass is 10.1. The van der Waals surface area contributed by atoms with Crippen molar-refractivity contribution >= 4 is 11.8 Å². The highest BCUT2D eigenvalue weighted by molar-refractivity contribution is 7.99. The first-order valence-electron chi connectivity index (χ1n) is 7.37. The molecule has 0 amide bonds. The molecule has 3 N–H and O–H groups in total. The smallest absolute Gasteiger partial charge is 0.173 e. The summed E-state index contributed by atoms with van der Waals surface area (Å²) in [5.74, 6) is 1.42. The molecule has 7 nitrogen and oxygen atoms in total. The van der Waals surface area contributed by atoms with Gasteiger partial charge in [0, 0.05) is 18.1 Å². The number of aliphatic hydroxyl groups is 3. The third-order valence-electron chi connectivity index (χ3n) is 3.72. The maximum absolute atomic E-state index is 9.97. The van der Waals surface area contributed by atoms with Crippen LogP contribution < -0.4 is 9.47 Å².